The van der Waals surface area contributed by atoms with Crippen LogP contribution < -0.4 is 11.0 Å². The minimum absolute atomic E-state index is 0.0882. The molecule has 158 valence electrons. The van der Waals surface area contributed by atoms with E-state index in [2.05, 4.69) is 10.3 Å². The van der Waals surface area contributed by atoms with Crippen LogP contribution in [0.3, 0.4) is 0 Å². The molecule has 2 atom stereocenters. The number of nitrogens with one attached hydrogen (secondary N) is 1. The summed E-state index contributed by atoms with van der Waals surface area (Å²) in [4.78, 5) is 40.5. The van der Waals surface area contributed by atoms with Gasteiger partial charge in [0.25, 0.3) is 5.91 Å². The van der Waals surface area contributed by atoms with Crippen molar-refractivity contribution in [2.75, 3.05) is 18.5 Å². The van der Waals surface area contributed by atoms with Crippen molar-refractivity contribution >= 4 is 17.7 Å². The molecule has 9 heteroatoms. The molecule has 1 fully saturated rings. The third-order valence-corrected chi connectivity index (χ3v) is 4.51. The van der Waals surface area contributed by atoms with E-state index in [-0.39, 0.29) is 24.9 Å². The Labute approximate surface area is 177 Å². The van der Waals surface area contributed by atoms with Gasteiger partial charge in [0.05, 0.1) is 12.2 Å². The smallest absolute Gasteiger partial charge is 0.351 e. The molecule has 0 spiro atoms. The molecule has 0 radical (unpaired) electrons. The minimum Gasteiger partial charge on any atom is -0.457 e. The van der Waals surface area contributed by atoms with Crippen molar-refractivity contribution in [3.05, 3.63) is 94.5 Å². The Bertz CT molecular complexity index is 1120. The SMILES string of the molecule is O=C(Nc1ccn([C@H]2CO[C@H](COC(=O)c3ccccc3)O2)c(=O)n1)c1ccccc1. The molecular formula is C22H19N3O6. The Kier molecular flexibility index (Phi) is 6.16. The van der Waals surface area contributed by atoms with Crippen molar-refractivity contribution in [3.8, 4) is 0 Å². The van der Waals surface area contributed by atoms with Gasteiger partial charge in [0.15, 0.2) is 12.5 Å². The van der Waals surface area contributed by atoms with Crippen LogP contribution in [0.5, 0.6) is 0 Å². The third-order valence-electron chi connectivity index (χ3n) is 4.51. The maximum absolute atomic E-state index is 12.4. The highest BCUT2D eigenvalue weighted by molar-refractivity contribution is 6.03. The van der Waals surface area contributed by atoms with Gasteiger partial charge in [-0.05, 0) is 30.3 Å². The van der Waals surface area contributed by atoms with Gasteiger partial charge in [-0.15, -0.1) is 0 Å². The third kappa shape index (κ3) is 5.03. The normalized spacial score (nSPS) is 17.8. The maximum atomic E-state index is 12.4. The van der Waals surface area contributed by atoms with Crippen molar-refractivity contribution in [1.29, 1.82) is 0 Å². The summed E-state index contributed by atoms with van der Waals surface area (Å²) >= 11 is 0. The molecule has 1 aromatic heterocycles. The van der Waals surface area contributed by atoms with Crippen molar-refractivity contribution in [2.45, 2.75) is 12.5 Å². The largest absolute Gasteiger partial charge is 0.457 e. The Morgan fingerprint density at radius 2 is 1.71 bits per heavy atom. The number of ether oxygens (including phenoxy) is 3. The van der Waals surface area contributed by atoms with Gasteiger partial charge in [-0.3, -0.25) is 9.36 Å². The number of hydrogen-bond acceptors (Lipinski definition) is 7. The fourth-order valence-corrected chi connectivity index (χ4v) is 2.96. The number of aromatic nitrogens is 2. The lowest BCUT2D eigenvalue weighted by atomic mass is 10.2. The second-order valence-electron chi connectivity index (χ2n) is 6.64. The molecule has 4 rings (SSSR count). The Morgan fingerprint density at radius 1 is 1.03 bits per heavy atom. The molecule has 0 saturated carbocycles. The molecule has 9 nitrogen and oxygen atoms in total. The average Bonchev–Trinajstić information content (AvgIpc) is 3.27. The van der Waals surface area contributed by atoms with Gasteiger partial charge in [-0.2, -0.15) is 4.98 Å². The van der Waals surface area contributed by atoms with Crippen LogP contribution in [0.25, 0.3) is 0 Å². The van der Waals surface area contributed by atoms with Gasteiger partial charge < -0.3 is 19.5 Å². The molecule has 1 aliphatic rings. The fourth-order valence-electron chi connectivity index (χ4n) is 2.96. The van der Waals surface area contributed by atoms with E-state index in [0.29, 0.717) is 11.1 Å². The van der Waals surface area contributed by atoms with Crippen LogP contribution in [0.4, 0.5) is 5.82 Å². The Hall–Kier alpha value is -3.82. The number of anilines is 1. The van der Waals surface area contributed by atoms with E-state index >= 15 is 0 Å². The first-order valence-corrected chi connectivity index (χ1v) is 9.55. The molecule has 1 saturated heterocycles. The van der Waals surface area contributed by atoms with Crippen LogP contribution in [-0.2, 0) is 14.2 Å². The monoisotopic (exact) mass is 421 g/mol. The van der Waals surface area contributed by atoms with E-state index in [0.717, 1.165) is 0 Å². The average molecular weight is 421 g/mol. The number of esters is 1. The highest BCUT2D eigenvalue weighted by atomic mass is 16.7. The summed E-state index contributed by atoms with van der Waals surface area (Å²) in [7, 11) is 0. The summed E-state index contributed by atoms with van der Waals surface area (Å²) in [6, 6.07) is 18.7. The highest BCUT2D eigenvalue weighted by Gasteiger charge is 2.29. The summed E-state index contributed by atoms with van der Waals surface area (Å²) in [5.41, 5.74) is 0.265. The van der Waals surface area contributed by atoms with Gasteiger partial charge in [-0.1, -0.05) is 36.4 Å². The zero-order valence-electron chi connectivity index (χ0n) is 16.3. The first kappa shape index (κ1) is 20.5. The van der Waals surface area contributed by atoms with Crippen molar-refractivity contribution in [2.24, 2.45) is 0 Å². The lowest BCUT2D eigenvalue weighted by molar-refractivity contribution is -0.103. The highest BCUT2D eigenvalue weighted by Crippen LogP contribution is 2.20. The Balaban J connectivity index is 1.33. The predicted octanol–water partition coefficient (Wildman–Crippen LogP) is 2.22. The van der Waals surface area contributed by atoms with E-state index in [4.69, 9.17) is 14.2 Å². The van der Waals surface area contributed by atoms with Crippen LogP contribution in [0.1, 0.15) is 26.9 Å². The van der Waals surface area contributed by atoms with Crippen LogP contribution in [0.2, 0.25) is 0 Å². The number of nitrogens with zero attached hydrogens (tertiary/aromatic N) is 2. The maximum Gasteiger partial charge on any atom is 0.351 e. The quantitative estimate of drug-likeness (QED) is 0.608. The first-order valence-electron chi connectivity index (χ1n) is 9.55. The lowest BCUT2D eigenvalue weighted by Crippen LogP contribution is -2.29. The van der Waals surface area contributed by atoms with Crippen molar-refractivity contribution < 1.29 is 23.8 Å². The van der Waals surface area contributed by atoms with E-state index in [1.165, 1.54) is 16.8 Å². The summed E-state index contributed by atoms with van der Waals surface area (Å²) in [5.74, 6) is -0.734. The number of amides is 1. The minimum atomic E-state index is -0.804. The number of benzene rings is 2. The van der Waals surface area contributed by atoms with Crippen LogP contribution in [-0.4, -0.2) is 40.9 Å². The standard InChI is InChI=1S/C22H19N3O6/c26-20(15-7-3-1-4-8-15)23-17-11-12-25(22(28)24-17)18-13-29-19(31-18)14-30-21(27)16-9-5-2-6-10-16/h1-12,18-19H,13-14H2,(H,23,24,26,28)/t18-,19+/m1/s1. The molecule has 2 aromatic carbocycles. The first-order chi connectivity index (χ1) is 15.1. The fraction of sp³-hybridized carbons (Fsp3) is 0.182. The predicted molar refractivity (Wildman–Crippen MR) is 109 cm³/mol. The molecule has 3 aromatic rings. The van der Waals surface area contributed by atoms with Crippen molar-refractivity contribution in [3.63, 3.8) is 0 Å². The molecule has 0 unspecified atom stereocenters. The van der Waals surface area contributed by atoms with E-state index in [9.17, 15) is 14.4 Å². The van der Waals surface area contributed by atoms with Gasteiger partial charge in [0, 0.05) is 11.8 Å². The molecule has 0 aliphatic carbocycles. The van der Waals surface area contributed by atoms with Crippen LogP contribution in [0.15, 0.2) is 77.7 Å². The zero-order valence-corrected chi connectivity index (χ0v) is 16.3. The lowest BCUT2D eigenvalue weighted by Gasteiger charge is -2.14. The molecule has 1 N–H and O–H groups in total. The number of rotatable bonds is 6. The van der Waals surface area contributed by atoms with Gasteiger partial charge >= 0.3 is 11.7 Å². The van der Waals surface area contributed by atoms with Gasteiger partial charge in [-0.25, -0.2) is 9.59 Å². The molecule has 31 heavy (non-hydrogen) atoms. The summed E-state index contributed by atoms with van der Waals surface area (Å²) < 4.78 is 17.5. The number of carbonyl (C=O) groups is 2. The van der Waals surface area contributed by atoms with Crippen molar-refractivity contribution in [1.82, 2.24) is 9.55 Å². The van der Waals surface area contributed by atoms with Gasteiger partial charge in [0.1, 0.15) is 12.4 Å². The summed E-state index contributed by atoms with van der Waals surface area (Å²) in [5, 5.41) is 2.58. The molecular weight excluding hydrogens is 402 g/mol. The molecule has 2 heterocycles. The molecule has 1 amide bonds. The second-order valence-corrected chi connectivity index (χ2v) is 6.64. The molecule has 0 bridgehead atoms. The number of carbonyl (C=O) groups excluding carboxylic acids is 2. The van der Waals surface area contributed by atoms with E-state index in [1.54, 1.807) is 60.7 Å². The number of hydrogen-bond donors (Lipinski definition) is 1. The van der Waals surface area contributed by atoms with E-state index < -0.39 is 24.2 Å². The second kappa shape index (κ2) is 9.33. The van der Waals surface area contributed by atoms with E-state index in [1.807, 2.05) is 0 Å². The van der Waals surface area contributed by atoms with Gasteiger partial charge in [0.2, 0.25) is 0 Å². The van der Waals surface area contributed by atoms with Crippen LogP contribution in [0, 0.1) is 0 Å². The zero-order chi connectivity index (χ0) is 21.6. The Morgan fingerprint density at radius 3 is 2.39 bits per heavy atom. The molecule has 1 aliphatic heterocycles. The summed E-state index contributed by atoms with van der Waals surface area (Å²) in [6.07, 6.45) is -0.0659. The summed E-state index contributed by atoms with van der Waals surface area (Å²) in [6.45, 7) is -0.0253. The van der Waals surface area contributed by atoms with Crippen LogP contribution >= 0.6 is 0 Å². The topological polar surface area (TPSA) is 109 Å².